The molecule has 2 aromatic heterocycles. The van der Waals surface area contributed by atoms with Crippen molar-refractivity contribution in [3.63, 3.8) is 0 Å². The molecule has 1 aliphatic rings. The van der Waals surface area contributed by atoms with Crippen LogP contribution in [0.1, 0.15) is 51.0 Å². The van der Waals surface area contributed by atoms with Gasteiger partial charge >= 0.3 is 0 Å². The van der Waals surface area contributed by atoms with Gasteiger partial charge in [0, 0.05) is 19.0 Å². The number of hydrogen-bond acceptors (Lipinski definition) is 5. The maximum Gasteiger partial charge on any atom is 0.278 e. The standard InChI is InChI=1S/C15H22BN5O3S/c1-9-11-13(21(19-9)15(2,3)4)17-12(18-14(11)22)10-6-5-7-20(8-10)25(16,23)24/h10H,5-8H2,1-4H3,(H,17,18,22). The van der Waals surface area contributed by atoms with E-state index >= 15 is 0 Å². The summed E-state index contributed by atoms with van der Waals surface area (Å²) in [6, 6.07) is 0. The van der Waals surface area contributed by atoms with Crippen LogP contribution < -0.4 is 5.56 Å². The number of piperidine rings is 1. The third kappa shape index (κ3) is 3.37. The zero-order valence-electron chi connectivity index (χ0n) is 14.9. The van der Waals surface area contributed by atoms with Crippen LogP contribution in [0.5, 0.6) is 0 Å². The fourth-order valence-electron chi connectivity index (χ4n) is 3.26. The maximum absolute atomic E-state index is 12.6. The van der Waals surface area contributed by atoms with Gasteiger partial charge in [-0.3, -0.25) is 4.79 Å². The predicted octanol–water partition coefficient (Wildman–Crippen LogP) is 0.776. The monoisotopic (exact) mass is 363 g/mol. The SMILES string of the molecule is [B]S(=O)(=O)N1CCCC(c2nc3c(c(C)nn3C(C)(C)C)c(=O)[nH]2)C1. The van der Waals surface area contributed by atoms with Crippen molar-refractivity contribution in [2.45, 2.75) is 52.0 Å². The van der Waals surface area contributed by atoms with E-state index in [9.17, 15) is 13.2 Å². The highest BCUT2D eigenvalue weighted by Crippen LogP contribution is 2.27. The Bertz CT molecular complexity index is 973. The first-order valence-electron chi connectivity index (χ1n) is 8.26. The predicted molar refractivity (Wildman–Crippen MR) is 96.1 cm³/mol. The van der Waals surface area contributed by atoms with Crippen molar-refractivity contribution in [2.24, 2.45) is 0 Å². The second kappa shape index (κ2) is 5.94. The van der Waals surface area contributed by atoms with Crippen molar-refractivity contribution >= 4 is 28.0 Å². The van der Waals surface area contributed by atoms with Crippen LogP contribution in [0.3, 0.4) is 0 Å². The Morgan fingerprint density at radius 1 is 1.32 bits per heavy atom. The second-order valence-corrected chi connectivity index (χ2v) is 9.11. The lowest BCUT2D eigenvalue weighted by Gasteiger charge is -2.30. The summed E-state index contributed by atoms with van der Waals surface area (Å²) in [7, 11) is 1.50. The molecule has 8 nitrogen and oxygen atoms in total. The minimum Gasteiger partial charge on any atom is -0.310 e. The Morgan fingerprint density at radius 3 is 2.60 bits per heavy atom. The molecule has 1 N–H and O–H groups in total. The summed E-state index contributed by atoms with van der Waals surface area (Å²) < 4.78 is 26.2. The van der Waals surface area contributed by atoms with Gasteiger partial charge in [-0.05, 0) is 40.5 Å². The molecular formula is C15H22BN5O3S. The molecule has 2 radical (unpaired) electrons. The molecule has 0 aliphatic carbocycles. The number of nitrogens with zero attached hydrogens (tertiary/aromatic N) is 4. The molecule has 1 aliphatic heterocycles. The highest BCUT2D eigenvalue weighted by atomic mass is 32.2. The smallest absolute Gasteiger partial charge is 0.278 e. The molecule has 1 fully saturated rings. The van der Waals surface area contributed by atoms with Gasteiger partial charge in [-0.25, -0.2) is 22.4 Å². The van der Waals surface area contributed by atoms with Crippen LogP contribution in [0.2, 0.25) is 0 Å². The van der Waals surface area contributed by atoms with Crippen LogP contribution in [0.15, 0.2) is 4.79 Å². The molecule has 0 amide bonds. The molecule has 2 aromatic rings. The lowest BCUT2D eigenvalue weighted by atomic mass is 9.99. The fourth-order valence-corrected chi connectivity index (χ4v) is 4.03. The van der Waals surface area contributed by atoms with Crippen LogP contribution in [-0.2, 0) is 15.4 Å². The van der Waals surface area contributed by atoms with Gasteiger partial charge < -0.3 is 4.98 Å². The normalized spacial score (nSPS) is 20.2. The van der Waals surface area contributed by atoms with Crippen molar-refractivity contribution < 1.29 is 8.42 Å². The molecule has 3 rings (SSSR count). The first-order valence-corrected chi connectivity index (χ1v) is 9.76. The average molecular weight is 363 g/mol. The van der Waals surface area contributed by atoms with Crippen molar-refractivity contribution in [1.29, 1.82) is 0 Å². The number of aryl methyl sites for hydroxylation is 1. The van der Waals surface area contributed by atoms with Gasteiger partial charge in [0.15, 0.2) is 15.5 Å². The van der Waals surface area contributed by atoms with E-state index < -0.39 is 9.87 Å². The largest absolute Gasteiger partial charge is 0.310 e. The van der Waals surface area contributed by atoms with Crippen molar-refractivity contribution in [1.82, 2.24) is 24.1 Å². The number of nitrogens with one attached hydrogen (secondary N) is 1. The van der Waals surface area contributed by atoms with E-state index in [0.717, 1.165) is 6.42 Å². The van der Waals surface area contributed by atoms with E-state index in [2.05, 4.69) is 15.1 Å². The van der Waals surface area contributed by atoms with Gasteiger partial charge in [-0.1, -0.05) is 0 Å². The van der Waals surface area contributed by atoms with E-state index in [1.165, 1.54) is 4.31 Å². The molecule has 3 heterocycles. The Balaban J connectivity index is 2.10. The minimum absolute atomic E-state index is 0.201. The molecule has 1 atom stereocenters. The summed E-state index contributed by atoms with van der Waals surface area (Å²) in [6.07, 6.45) is 1.41. The Hall–Kier alpha value is -1.68. The molecule has 10 heteroatoms. The van der Waals surface area contributed by atoms with Crippen LogP contribution >= 0.6 is 0 Å². The van der Waals surface area contributed by atoms with Gasteiger partial charge in [-0.2, -0.15) is 5.10 Å². The number of rotatable bonds is 2. The van der Waals surface area contributed by atoms with Gasteiger partial charge in [0.05, 0.1) is 11.2 Å². The van der Waals surface area contributed by atoms with E-state index in [0.29, 0.717) is 35.5 Å². The number of H-pyrrole nitrogens is 1. The molecule has 0 spiro atoms. The van der Waals surface area contributed by atoms with E-state index in [4.69, 9.17) is 7.12 Å². The van der Waals surface area contributed by atoms with Gasteiger partial charge in [0.25, 0.3) is 12.7 Å². The van der Waals surface area contributed by atoms with E-state index in [-0.39, 0.29) is 23.6 Å². The minimum atomic E-state index is -3.75. The molecule has 25 heavy (non-hydrogen) atoms. The second-order valence-electron chi connectivity index (χ2n) is 7.56. The maximum atomic E-state index is 12.6. The Morgan fingerprint density at radius 2 is 2.00 bits per heavy atom. The van der Waals surface area contributed by atoms with Gasteiger partial charge in [0.2, 0.25) is 0 Å². The number of fused-ring (bicyclic) bond motifs is 1. The molecular weight excluding hydrogens is 341 g/mol. The Kier molecular flexibility index (Phi) is 4.31. The van der Waals surface area contributed by atoms with Crippen LogP contribution in [0, 0.1) is 6.92 Å². The average Bonchev–Trinajstić information content (AvgIpc) is 2.84. The lowest BCUT2D eigenvalue weighted by Crippen LogP contribution is -2.39. The Labute approximate surface area is 148 Å². The van der Waals surface area contributed by atoms with E-state index in [1.807, 2.05) is 20.8 Å². The highest BCUT2D eigenvalue weighted by molar-refractivity contribution is 8.10. The zero-order valence-corrected chi connectivity index (χ0v) is 15.7. The third-order valence-electron chi connectivity index (χ3n) is 4.50. The fraction of sp³-hybridized carbons (Fsp3) is 0.667. The first kappa shape index (κ1) is 18.1. The molecule has 1 saturated heterocycles. The topological polar surface area (TPSA) is 101 Å². The van der Waals surface area contributed by atoms with Crippen molar-refractivity contribution in [3.8, 4) is 0 Å². The van der Waals surface area contributed by atoms with Crippen LogP contribution in [0.4, 0.5) is 0 Å². The summed E-state index contributed by atoms with van der Waals surface area (Å²) >= 11 is 0. The highest BCUT2D eigenvalue weighted by Gasteiger charge is 2.29. The van der Waals surface area contributed by atoms with Gasteiger partial charge in [-0.15, -0.1) is 0 Å². The third-order valence-corrected chi connectivity index (χ3v) is 5.55. The van der Waals surface area contributed by atoms with Crippen LogP contribution in [0.25, 0.3) is 11.0 Å². The zero-order chi connectivity index (χ0) is 18.6. The molecule has 134 valence electrons. The lowest BCUT2D eigenvalue weighted by molar-refractivity contribution is 0.313. The first-order chi connectivity index (χ1) is 11.5. The summed E-state index contributed by atoms with van der Waals surface area (Å²) in [5, 5.41) is 4.94. The van der Waals surface area contributed by atoms with E-state index in [1.54, 1.807) is 11.6 Å². The summed E-state index contributed by atoms with van der Waals surface area (Å²) in [6.45, 7) is 8.36. The molecule has 1 unspecified atom stereocenters. The summed E-state index contributed by atoms with van der Waals surface area (Å²) in [4.78, 5) is 20.0. The molecule has 0 bridgehead atoms. The molecule has 0 saturated carbocycles. The number of hydrogen-bond donors (Lipinski definition) is 1. The van der Waals surface area contributed by atoms with Gasteiger partial charge in [0.1, 0.15) is 11.2 Å². The van der Waals surface area contributed by atoms with Crippen molar-refractivity contribution in [3.05, 3.63) is 21.9 Å². The number of aromatic amines is 1. The quantitative estimate of drug-likeness (QED) is 0.795. The molecule has 0 aromatic carbocycles. The number of aromatic nitrogens is 4. The summed E-state index contributed by atoms with van der Waals surface area (Å²) in [5.41, 5.74) is 0.571. The van der Waals surface area contributed by atoms with Crippen LogP contribution in [-0.4, -0.2) is 52.7 Å². The van der Waals surface area contributed by atoms with Crippen molar-refractivity contribution in [2.75, 3.05) is 13.1 Å². The summed E-state index contributed by atoms with van der Waals surface area (Å²) in [5.74, 6) is 0.282.